The molecule has 1 aromatic carbocycles. The third kappa shape index (κ3) is 2.76. The van der Waals surface area contributed by atoms with Crippen LogP contribution < -0.4 is 20.5 Å². The molecule has 0 amide bonds. The largest absolute Gasteiger partial charge is 0.497 e. The average molecular weight is 247 g/mol. The molecule has 1 heterocycles. The summed E-state index contributed by atoms with van der Waals surface area (Å²) in [5.41, 5.74) is 6.34. The van der Waals surface area contributed by atoms with Crippen molar-refractivity contribution < 1.29 is 9.47 Å². The molecule has 0 aliphatic rings. The van der Waals surface area contributed by atoms with Gasteiger partial charge in [-0.2, -0.15) is 15.0 Å². The van der Waals surface area contributed by atoms with Crippen LogP contribution in [0.2, 0.25) is 0 Å². The van der Waals surface area contributed by atoms with Gasteiger partial charge in [-0.3, -0.25) is 0 Å². The highest BCUT2D eigenvalue weighted by Crippen LogP contribution is 2.18. The molecule has 7 heteroatoms. The Bertz CT molecular complexity index is 529. The summed E-state index contributed by atoms with van der Waals surface area (Å²) >= 11 is 0. The van der Waals surface area contributed by atoms with E-state index in [0.717, 1.165) is 11.4 Å². The monoisotopic (exact) mass is 247 g/mol. The summed E-state index contributed by atoms with van der Waals surface area (Å²) in [6, 6.07) is 7.49. The molecule has 0 bridgehead atoms. The van der Waals surface area contributed by atoms with Crippen LogP contribution >= 0.6 is 0 Å². The summed E-state index contributed by atoms with van der Waals surface area (Å²) in [5, 5.41) is 2.99. The molecule has 2 aromatic rings. The number of nitrogens with two attached hydrogens (primary N) is 1. The topological polar surface area (TPSA) is 95.2 Å². The van der Waals surface area contributed by atoms with E-state index in [-0.39, 0.29) is 12.0 Å². The van der Waals surface area contributed by atoms with Crippen molar-refractivity contribution in [3.8, 4) is 11.8 Å². The fourth-order valence-corrected chi connectivity index (χ4v) is 1.32. The van der Waals surface area contributed by atoms with Crippen LogP contribution in [0.1, 0.15) is 0 Å². The molecule has 3 N–H and O–H groups in total. The van der Waals surface area contributed by atoms with Crippen molar-refractivity contribution in [2.24, 2.45) is 0 Å². The van der Waals surface area contributed by atoms with E-state index < -0.39 is 0 Å². The Morgan fingerprint density at radius 3 is 2.33 bits per heavy atom. The van der Waals surface area contributed by atoms with E-state index in [1.807, 2.05) is 24.3 Å². The van der Waals surface area contributed by atoms with Crippen LogP contribution in [-0.2, 0) is 0 Å². The zero-order valence-corrected chi connectivity index (χ0v) is 10.0. The molecule has 1 aromatic heterocycles. The maximum Gasteiger partial charge on any atom is 0.322 e. The minimum Gasteiger partial charge on any atom is -0.497 e. The Morgan fingerprint density at radius 1 is 1.00 bits per heavy atom. The Labute approximate surface area is 104 Å². The predicted molar refractivity (Wildman–Crippen MR) is 67.1 cm³/mol. The van der Waals surface area contributed by atoms with Crippen molar-refractivity contribution >= 4 is 17.6 Å². The lowest BCUT2D eigenvalue weighted by atomic mass is 10.3. The maximum absolute atomic E-state index is 5.53. The molecule has 0 aliphatic heterocycles. The molecule has 0 saturated heterocycles. The fourth-order valence-electron chi connectivity index (χ4n) is 1.32. The molecule has 0 radical (unpaired) electrons. The lowest BCUT2D eigenvalue weighted by molar-refractivity contribution is 0.380. The van der Waals surface area contributed by atoms with Gasteiger partial charge in [0.15, 0.2) is 0 Å². The standard InChI is InChI=1S/C11H13N5O2/c1-17-8-5-3-7(4-6-8)13-10-14-9(12)15-11(16-10)18-2/h3-6H,1-2H3,(H3,12,13,14,15,16). The number of benzene rings is 1. The Morgan fingerprint density at radius 2 is 1.72 bits per heavy atom. The molecular weight excluding hydrogens is 234 g/mol. The Balaban J connectivity index is 2.19. The number of aromatic nitrogens is 3. The van der Waals surface area contributed by atoms with E-state index in [1.54, 1.807) is 7.11 Å². The van der Waals surface area contributed by atoms with Gasteiger partial charge in [0.25, 0.3) is 0 Å². The maximum atomic E-state index is 5.53. The number of nitrogens with zero attached hydrogens (tertiary/aromatic N) is 3. The van der Waals surface area contributed by atoms with Crippen molar-refractivity contribution in [2.45, 2.75) is 0 Å². The van der Waals surface area contributed by atoms with Crippen molar-refractivity contribution in [3.63, 3.8) is 0 Å². The second-order valence-electron chi connectivity index (χ2n) is 3.36. The first kappa shape index (κ1) is 11.9. The average Bonchev–Trinajstić information content (AvgIpc) is 2.39. The smallest absolute Gasteiger partial charge is 0.322 e. The first-order chi connectivity index (χ1) is 8.71. The van der Waals surface area contributed by atoms with E-state index in [4.69, 9.17) is 15.2 Å². The van der Waals surface area contributed by atoms with Gasteiger partial charge in [-0.05, 0) is 24.3 Å². The number of rotatable bonds is 4. The SMILES string of the molecule is COc1ccc(Nc2nc(N)nc(OC)n2)cc1. The van der Waals surface area contributed by atoms with Crippen LogP contribution in [0.25, 0.3) is 0 Å². The molecular formula is C11H13N5O2. The van der Waals surface area contributed by atoms with Crippen LogP contribution in [-0.4, -0.2) is 29.2 Å². The van der Waals surface area contributed by atoms with Crippen molar-refractivity contribution in [3.05, 3.63) is 24.3 Å². The number of hydrogen-bond donors (Lipinski definition) is 2. The van der Waals surface area contributed by atoms with Gasteiger partial charge < -0.3 is 20.5 Å². The predicted octanol–water partition coefficient (Wildman–Crippen LogP) is 1.21. The zero-order chi connectivity index (χ0) is 13.0. The molecule has 7 nitrogen and oxygen atoms in total. The van der Waals surface area contributed by atoms with Crippen LogP contribution in [0.3, 0.4) is 0 Å². The number of methoxy groups -OCH3 is 2. The highest BCUT2D eigenvalue weighted by Gasteiger charge is 2.04. The third-order valence-electron chi connectivity index (χ3n) is 2.16. The normalized spacial score (nSPS) is 9.89. The molecule has 0 unspecified atom stereocenters. The van der Waals surface area contributed by atoms with Gasteiger partial charge in [-0.15, -0.1) is 0 Å². The Hall–Kier alpha value is -2.57. The van der Waals surface area contributed by atoms with E-state index in [9.17, 15) is 0 Å². The zero-order valence-electron chi connectivity index (χ0n) is 10.0. The van der Waals surface area contributed by atoms with Crippen LogP contribution in [0.15, 0.2) is 24.3 Å². The van der Waals surface area contributed by atoms with E-state index >= 15 is 0 Å². The summed E-state index contributed by atoms with van der Waals surface area (Å²) < 4.78 is 9.97. The van der Waals surface area contributed by atoms with Crippen LogP contribution in [0, 0.1) is 0 Å². The number of anilines is 3. The fraction of sp³-hybridized carbons (Fsp3) is 0.182. The van der Waals surface area contributed by atoms with Crippen molar-refractivity contribution in [1.29, 1.82) is 0 Å². The van der Waals surface area contributed by atoms with Crippen molar-refractivity contribution in [2.75, 3.05) is 25.3 Å². The summed E-state index contributed by atoms with van der Waals surface area (Å²) in [4.78, 5) is 11.8. The lowest BCUT2D eigenvalue weighted by Crippen LogP contribution is -2.05. The molecule has 0 saturated carbocycles. The summed E-state index contributed by atoms with van der Waals surface area (Å²) in [7, 11) is 3.08. The molecule has 0 atom stereocenters. The molecule has 0 fully saturated rings. The van der Waals surface area contributed by atoms with E-state index in [2.05, 4.69) is 20.3 Å². The van der Waals surface area contributed by atoms with Crippen molar-refractivity contribution in [1.82, 2.24) is 15.0 Å². The van der Waals surface area contributed by atoms with Crippen LogP contribution in [0.5, 0.6) is 11.8 Å². The minimum atomic E-state index is 0.0952. The van der Waals surface area contributed by atoms with Gasteiger partial charge in [0.05, 0.1) is 14.2 Å². The summed E-state index contributed by atoms with van der Waals surface area (Å²) in [6.45, 7) is 0. The van der Waals surface area contributed by atoms with Gasteiger partial charge in [-0.1, -0.05) is 0 Å². The lowest BCUT2D eigenvalue weighted by Gasteiger charge is -2.07. The number of nitrogen functional groups attached to an aromatic ring is 1. The first-order valence-corrected chi connectivity index (χ1v) is 5.18. The number of nitrogens with one attached hydrogen (secondary N) is 1. The first-order valence-electron chi connectivity index (χ1n) is 5.18. The van der Waals surface area contributed by atoms with Gasteiger partial charge in [0.1, 0.15) is 5.75 Å². The van der Waals surface area contributed by atoms with Gasteiger partial charge in [0.2, 0.25) is 11.9 Å². The van der Waals surface area contributed by atoms with E-state index in [0.29, 0.717) is 5.95 Å². The van der Waals surface area contributed by atoms with E-state index in [1.165, 1.54) is 7.11 Å². The second-order valence-corrected chi connectivity index (χ2v) is 3.36. The highest BCUT2D eigenvalue weighted by atomic mass is 16.5. The second kappa shape index (κ2) is 5.17. The minimum absolute atomic E-state index is 0.0952. The van der Waals surface area contributed by atoms with Gasteiger partial charge in [-0.25, -0.2) is 0 Å². The molecule has 0 aliphatic carbocycles. The summed E-state index contributed by atoms with van der Waals surface area (Å²) in [5.74, 6) is 1.19. The number of hydrogen-bond acceptors (Lipinski definition) is 7. The van der Waals surface area contributed by atoms with Gasteiger partial charge >= 0.3 is 6.01 Å². The Kier molecular flexibility index (Phi) is 3.42. The van der Waals surface area contributed by atoms with Crippen LogP contribution in [0.4, 0.5) is 17.6 Å². The third-order valence-corrected chi connectivity index (χ3v) is 2.16. The molecule has 94 valence electrons. The molecule has 0 spiro atoms. The molecule has 18 heavy (non-hydrogen) atoms. The quantitative estimate of drug-likeness (QED) is 0.838. The molecule has 2 rings (SSSR count). The summed E-state index contributed by atoms with van der Waals surface area (Å²) in [6.07, 6.45) is 0. The highest BCUT2D eigenvalue weighted by molar-refractivity contribution is 5.55. The van der Waals surface area contributed by atoms with Gasteiger partial charge in [0, 0.05) is 5.69 Å². The number of ether oxygens (including phenoxy) is 2.